The summed E-state index contributed by atoms with van der Waals surface area (Å²) in [5.74, 6) is 1.41. The molecule has 0 radical (unpaired) electrons. The van der Waals surface area contributed by atoms with Crippen LogP contribution in [-0.4, -0.2) is 11.8 Å². The summed E-state index contributed by atoms with van der Waals surface area (Å²) >= 11 is 0. The van der Waals surface area contributed by atoms with Gasteiger partial charge < -0.3 is 4.74 Å². The van der Waals surface area contributed by atoms with Crippen LogP contribution in [0.4, 0.5) is 5.69 Å². The Morgan fingerprint density at radius 1 is 0.724 bits per heavy atom. The summed E-state index contributed by atoms with van der Waals surface area (Å²) in [4.78, 5) is 27.2. The third kappa shape index (κ3) is 2.45. The molecule has 2 bridgehead atoms. The maximum atomic E-state index is 12.9. The van der Waals surface area contributed by atoms with Crippen molar-refractivity contribution in [3.8, 4) is 11.5 Å². The van der Waals surface area contributed by atoms with E-state index in [1.54, 1.807) is 12.1 Å². The summed E-state index contributed by atoms with van der Waals surface area (Å²) in [6.45, 7) is 0. The Kier molecular flexibility index (Phi) is 3.45. The molecule has 2 aliphatic carbocycles. The minimum atomic E-state index is -0.175. The van der Waals surface area contributed by atoms with E-state index < -0.39 is 0 Å². The van der Waals surface area contributed by atoms with Crippen LogP contribution in [-0.2, 0) is 9.59 Å². The molecule has 0 aromatic heterocycles. The van der Waals surface area contributed by atoms with Crippen LogP contribution >= 0.6 is 0 Å². The summed E-state index contributed by atoms with van der Waals surface area (Å²) in [5.41, 5.74) is 0.625. The number of benzene rings is 3. The largest absolute Gasteiger partial charge is 0.457 e. The number of carbonyl (C=O) groups excluding carboxylic acids is 2. The molecule has 1 heterocycles. The summed E-state index contributed by atoms with van der Waals surface area (Å²) in [6.07, 6.45) is 5.17. The number of fused-ring (bicyclic) bond motifs is 6. The van der Waals surface area contributed by atoms with Gasteiger partial charge in [0.2, 0.25) is 11.8 Å². The molecule has 4 nitrogen and oxygen atoms in total. The zero-order valence-corrected chi connectivity index (χ0v) is 15.7. The lowest BCUT2D eigenvalue weighted by atomic mass is 9.85. The molecule has 0 unspecified atom stereocenters. The Morgan fingerprint density at radius 2 is 1.34 bits per heavy atom. The molecule has 1 saturated carbocycles. The number of imide groups is 1. The predicted molar refractivity (Wildman–Crippen MR) is 111 cm³/mol. The lowest BCUT2D eigenvalue weighted by Crippen LogP contribution is -2.32. The monoisotopic (exact) mass is 381 g/mol. The Bertz CT molecular complexity index is 1150. The van der Waals surface area contributed by atoms with Gasteiger partial charge in [0, 0.05) is 0 Å². The zero-order chi connectivity index (χ0) is 19.5. The average Bonchev–Trinajstić information content (AvgIpc) is 3.43. The number of rotatable bonds is 3. The van der Waals surface area contributed by atoms with Crippen LogP contribution in [0.25, 0.3) is 10.8 Å². The van der Waals surface area contributed by atoms with Crippen molar-refractivity contribution in [2.75, 3.05) is 4.90 Å². The van der Waals surface area contributed by atoms with Crippen LogP contribution in [0.1, 0.15) is 6.42 Å². The third-order valence-corrected chi connectivity index (χ3v) is 6.52. The third-order valence-electron chi connectivity index (χ3n) is 6.52. The second-order valence-electron chi connectivity index (χ2n) is 8.12. The number of ether oxygens (including phenoxy) is 1. The van der Waals surface area contributed by atoms with E-state index in [2.05, 4.69) is 24.3 Å². The molecule has 3 aliphatic rings. The summed E-state index contributed by atoms with van der Waals surface area (Å²) in [7, 11) is 0. The number of nitrogens with zero attached hydrogens (tertiary/aromatic N) is 1. The molecule has 2 fully saturated rings. The van der Waals surface area contributed by atoms with E-state index in [1.165, 1.54) is 4.90 Å². The molecule has 2 amide bonds. The average molecular weight is 381 g/mol. The minimum absolute atomic E-state index is 0.0555. The van der Waals surface area contributed by atoms with Crippen molar-refractivity contribution < 1.29 is 14.3 Å². The van der Waals surface area contributed by atoms with Crippen LogP contribution < -0.4 is 9.64 Å². The number of anilines is 1. The first-order valence-corrected chi connectivity index (χ1v) is 10.0. The molecule has 6 rings (SSSR count). The fourth-order valence-electron chi connectivity index (χ4n) is 5.19. The molecule has 0 N–H and O–H groups in total. The first-order valence-electron chi connectivity index (χ1n) is 10.0. The number of allylic oxidation sites excluding steroid dienone is 2. The molecule has 4 heteroatoms. The Balaban J connectivity index is 1.24. The van der Waals surface area contributed by atoms with Gasteiger partial charge in [-0.3, -0.25) is 14.5 Å². The lowest BCUT2D eigenvalue weighted by Gasteiger charge is -2.17. The number of amides is 2. The van der Waals surface area contributed by atoms with Gasteiger partial charge in [-0.05, 0) is 65.4 Å². The van der Waals surface area contributed by atoms with Gasteiger partial charge in [0.25, 0.3) is 0 Å². The molecule has 0 spiro atoms. The van der Waals surface area contributed by atoms with Gasteiger partial charge in [-0.2, -0.15) is 0 Å². The molecular formula is C25H19NO3. The number of carbonyl (C=O) groups is 2. The van der Waals surface area contributed by atoms with E-state index in [9.17, 15) is 9.59 Å². The van der Waals surface area contributed by atoms with E-state index in [0.717, 1.165) is 22.9 Å². The van der Waals surface area contributed by atoms with Crippen LogP contribution in [0.15, 0.2) is 78.9 Å². The van der Waals surface area contributed by atoms with E-state index in [4.69, 9.17) is 4.74 Å². The molecule has 29 heavy (non-hydrogen) atoms. The van der Waals surface area contributed by atoms with Gasteiger partial charge in [-0.1, -0.05) is 42.5 Å². The highest BCUT2D eigenvalue weighted by molar-refractivity contribution is 6.22. The summed E-state index contributed by atoms with van der Waals surface area (Å²) < 4.78 is 5.98. The van der Waals surface area contributed by atoms with Crippen molar-refractivity contribution in [2.45, 2.75) is 6.42 Å². The quantitative estimate of drug-likeness (QED) is 0.477. The van der Waals surface area contributed by atoms with Gasteiger partial charge in [-0.25, -0.2) is 0 Å². The van der Waals surface area contributed by atoms with Crippen LogP contribution in [0.3, 0.4) is 0 Å². The Labute approximate surface area is 168 Å². The molecular weight excluding hydrogens is 362 g/mol. The molecule has 1 saturated heterocycles. The van der Waals surface area contributed by atoms with Crippen LogP contribution in [0.2, 0.25) is 0 Å². The Morgan fingerprint density at radius 3 is 2.03 bits per heavy atom. The number of hydrogen-bond acceptors (Lipinski definition) is 3. The van der Waals surface area contributed by atoms with Gasteiger partial charge >= 0.3 is 0 Å². The normalized spacial score (nSPS) is 27.1. The number of hydrogen-bond donors (Lipinski definition) is 0. The maximum Gasteiger partial charge on any atom is 0.238 e. The van der Waals surface area contributed by atoms with E-state index in [-0.39, 0.29) is 35.5 Å². The van der Waals surface area contributed by atoms with Gasteiger partial charge in [-0.15, -0.1) is 0 Å². The van der Waals surface area contributed by atoms with Crippen molar-refractivity contribution in [1.29, 1.82) is 0 Å². The predicted octanol–water partition coefficient (Wildman–Crippen LogP) is 4.94. The molecule has 3 aromatic carbocycles. The van der Waals surface area contributed by atoms with Crippen LogP contribution in [0.5, 0.6) is 11.5 Å². The lowest BCUT2D eigenvalue weighted by molar-refractivity contribution is -0.123. The minimum Gasteiger partial charge on any atom is -0.457 e. The molecule has 142 valence electrons. The fraction of sp³-hybridized carbons (Fsp3) is 0.200. The first-order chi connectivity index (χ1) is 14.2. The molecule has 3 aromatic rings. The fourth-order valence-corrected chi connectivity index (χ4v) is 5.19. The summed E-state index contributed by atoms with van der Waals surface area (Å²) in [5, 5.41) is 2.28. The zero-order valence-electron chi connectivity index (χ0n) is 15.7. The van der Waals surface area contributed by atoms with Crippen molar-refractivity contribution >= 4 is 28.3 Å². The van der Waals surface area contributed by atoms with Crippen molar-refractivity contribution in [3.63, 3.8) is 0 Å². The van der Waals surface area contributed by atoms with E-state index in [0.29, 0.717) is 11.4 Å². The van der Waals surface area contributed by atoms with Crippen LogP contribution in [0, 0.1) is 23.7 Å². The highest BCUT2D eigenvalue weighted by atomic mass is 16.5. The van der Waals surface area contributed by atoms with Crippen molar-refractivity contribution in [1.82, 2.24) is 0 Å². The highest BCUT2D eigenvalue weighted by Crippen LogP contribution is 2.53. The van der Waals surface area contributed by atoms with Crippen molar-refractivity contribution in [3.05, 3.63) is 78.9 Å². The van der Waals surface area contributed by atoms with E-state index in [1.807, 2.05) is 42.5 Å². The van der Waals surface area contributed by atoms with Gasteiger partial charge in [0.1, 0.15) is 11.5 Å². The second-order valence-corrected chi connectivity index (χ2v) is 8.12. The maximum absolute atomic E-state index is 12.9. The Hall–Kier alpha value is -3.40. The van der Waals surface area contributed by atoms with Crippen molar-refractivity contribution in [2.24, 2.45) is 23.7 Å². The molecule has 4 atom stereocenters. The summed E-state index contributed by atoms with van der Waals surface area (Å²) in [6, 6.07) is 21.3. The van der Waals surface area contributed by atoms with E-state index >= 15 is 0 Å². The standard InChI is InChI=1S/C25H19NO3/c27-24-22-17-5-6-18(13-17)23(22)25(28)26(24)19-8-11-20(12-9-19)29-21-10-7-15-3-1-2-4-16(15)14-21/h1-12,14,17-18,22-23H,13H2/t17-,18+,22-,23-/m0/s1. The SMILES string of the molecule is O=C1[C@@H]2[C@@H](C(=O)N1c1ccc(Oc3ccc4ccccc4c3)cc1)[C@H]1C=C[C@@H]2C1. The highest BCUT2D eigenvalue weighted by Gasteiger charge is 2.59. The second kappa shape index (κ2) is 6.05. The van der Waals surface area contributed by atoms with Gasteiger partial charge in [0.15, 0.2) is 0 Å². The molecule has 1 aliphatic heterocycles. The topological polar surface area (TPSA) is 46.6 Å². The first kappa shape index (κ1) is 16.5. The van der Waals surface area contributed by atoms with Gasteiger partial charge in [0.05, 0.1) is 17.5 Å². The smallest absolute Gasteiger partial charge is 0.238 e.